The number of likely N-dealkylation sites (tertiary alicyclic amines) is 1. The molecule has 4 aromatic rings. The first-order valence-electron chi connectivity index (χ1n) is 11.3. The Kier molecular flexibility index (Phi) is 4.75. The molecule has 32 heavy (non-hydrogen) atoms. The maximum absolute atomic E-state index is 13.4. The van der Waals surface area contributed by atoms with Gasteiger partial charge in [0, 0.05) is 36.8 Å². The van der Waals surface area contributed by atoms with Crippen LogP contribution in [-0.4, -0.2) is 43.4 Å². The van der Waals surface area contributed by atoms with Crippen molar-refractivity contribution in [3.05, 3.63) is 58.8 Å². The zero-order valence-electron chi connectivity index (χ0n) is 19.8. The average molecular weight is 430 g/mol. The lowest BCUT2D eigenvalue weighted by Gasteiger charge is -2.49. The summed E-state index contributed by atoms with van der Waals surface area (Å²) >= 11 is 0. The number of nitrogens with zero attached hydrogens (tertiary/aromatic N) is 5. The van der Waals surface area contributed by atoms with Gasteiger partial charge in [-0.25, -0.2) is 4.98 Å². The second-order valence-corrected chi connectivity index (χ2v) is 9.94. The fourth-order valence-electron chi connectivity index (χ4n) is 5.21. The van der Waals surface area contributed by atoms with Crippen LogP contribution in [0.4, 0.5) is 0 Å². The summed E-state index contributed by atoms with van der Waals surface area (Å²) in [5.74, 6) is 0.339. The van der Waals surface area contributed by atoms with Gasteiger partial charge in [-0.1, -0.05) is 13.0 Å². The molecule has 1 saturated heterocycles. The maximum atomic E-state index is 13.4. The van der Waals surface area contributed by atoms with Gasteiger partial charge >= 0.3 is 0 Å². The van der Waals surface area contributed by atoms with E-state index in [2.05, 4.69) is 56.9 Å². The standard InChI is InChI=1S/C26H31N5O/c1-16-11-19(12-20-14-30(6)28-24(16)20)18-7-8-21-22(13-18)27-15-31(25(21)32)23-9-10-29(5)26(3,4)17(23)2/h7-8,11-15,17,23H,9-10H2,1-6H3. The number of fused-ring (bicyclic) bond motifs is 2. The van der Waals surface area contributed by atoms with Gasteiger partial charge in [-0.05, 0) is 81.1 Å². The van der Waals surface area contributed by atoms with Crippen molar-refractivity contribution < 1.29 is 0 Å². The summed E-state index contributed by atoms with van der Waals surface area (Å²) in [6.45, 7) is 9.83. The molecule has 2 atom stereocenters. The van der Waals surface area contributed by atoms with Gasteiger partial charge in [0.1, 0.15) is 0 Å². The SMILES string of the molecule is Cc1cc(-c2ccc3c(=O)n(C4CCN(C)C(C)(C)C4C)cnc3c2)cc2cn(C)nc12. The molecule has 0 bridgehead atoms. The molecular weight excluding hydrogens is 398 g/mol. The fraction of sp³-hybridized carbons (Fsp3) is 0.423. The van der Waals surface area contributed by atoms with E-state index in [0.717, 1.165) is 46.1 Å². The van der Waals surface area contributed by atoms with E-state index in [9.17, 15) is 4.79 Å². The Morgan fingerprint density at radius 3 is 2.66 bits per heavy atom. The lowest BCUT2D eigenvalue weighted by molar-refractivity contribution is 0.0170. The van der Waals surface area contributed by atoms with E-state index in [0.29, 0.717) is 11.3 Å². The van der Waals surface area contributed by atoms with Gasteiger partial charge in [-0.15, -0.1) is 0 Å². The lowest BCUT2D eigenvalue weighted by Crippen LogP contribution is -2.54. The summed E-state index contributed by atoms with van der Waals surface area (Å²) in [7, 11) is 4.11. The quantitative estimate of drug-likeness (QED) is 0.469. The highest BCUT2D eigenvalue weighted by molar-refractivity contribution is 5.89. The molecule has 6 heteroatoms. The average Bonchev–Trinajstić information content (AvgIpc) is 3.14. The van der Waals surface area contributed by atoms with Crippen LogP contribution in [0.3, 0.4) is 0 Å². The highest BCUT2D eigenvalue weighted by Crippen LogP contribution is 2.38. The van der Waals surface area contributed by atoms with Crippen molar-refractivity contribution in [3.63, 3.8) is 0 Å². The van der Waals surface area contributed by atoms with Crippen LogP contribution in [0, 0.1) is 12.8 Å². The van der Waals surface area contributed by atoms with Crippen molar-refractivity contribution in [2.75, 3.05) is 13.6 Å². The summed E-state index contributed by atoms with van der Waals surface area (Å²) in [6, 6.07) is 10.5. The summed E-state index contributed by atoms with van der Waals surface area (Å²) in [5.41, 5.74) is 5.16. The first kappa shape index (κ1) is 20.9. The largest absolute Gasteiger partial charge is 0.301 e. The molecule has 0 aliphatic carbocycles. The molecule has 3 heterocycles. The third kappa shape index (κ3) is 3.16. The normalized spacial score (nSPS) is 21.4. The number of rotatable bonds is 2. The van der Waals surface area contributed by atoms with E-state index in [1.165, 1.54) is 0 Å². The van der Waals surface area contributed by atoms with Crippen molar-refractivity contribution in [2.24, 2.45) is 13.0 Å². The summed E-state index contributed by atoms with van der Waals surface area (Å²) in [5, 5.41) is 6.34. The maximum Gasteiger partial charge on any atom is 0.261 e. The molecule has 5 rings (SSSR count). The molecule has 2 aromatic carbocycles. The zero-order chi connectivity index (χ0) is 22.8. The second-order valence-electron chi connectivity index (χ2n) is 9.94. The predicted octanol–water partition coefficient (Wildman–Crippen LogP) is 4.55. The van der Waals surface area contributed by atoms with E-state index in [4.69, 9.17) is 4.98 Å². The van der Waals surface area contributed by atoms with E-state index in [1.807, 2.05) is 40.7 Å². The Bertz CT molecular complexity index is 1400. The van der Waals surface area contributed by atoms with Gasteiger partial charge in [0.25, 0.3) is 5.56 Å². The van der Waals surface area contributed by atoms with Crippen LogP contribution in [0.2, 0.25) is 0 Å². The minimum atomic E-state index is 0.0317. The molecule has 1 fully saturated rings. The Labute approximate surface area is 188 Å². The fourth-order valence-corrected chi connectivity index (χ4v) is 5.21. The lowest BCUT2D eigenvalue weighted by atomic mass is 9.77. The van der Waals surface area contributed by atoms with E-state index >= 15 is 0 Å². The minimum Gasteiger partial charge on any atom is -0.301 e. The molecular formula is C26H31N5O. The monoisotopic (exact) mass is 429 g/mol. The summed E-state index contributed by atoms with van der Waals surface area (Å²) in [6.07, 6.45) is 4.75. The Hall–Kier alpha value is -2.99. The van der Waals surface area contributed by atoms with Crippen LogP contribution in [0.5, 0.6) is 0 Å². The molecule has 0 saturated carbocycles. The van der Waals surface area contributed by atoms with Crippen LogP contribution >= 0.6 is 0 Å². The van der Waals surface area contributed by atoms with Gasteiger partial charge < -0.3 is 4.90 Å². The van der Waals surface area contributed by atoms with Gasteiger partial charge in [-0.2, -0.15) is 5.10 Å². The van der Waals surface area contributed by atoms with Crippen molar-refractivity contribution in [1.82, 2.24) is 24.2 Å². The Morgan fingerprint density at radius 2 is 1.88 bits per heavy atom. The van der Waals surface area contributed by atoms with E-state index < -0.39 is 0 Å². The van der Waals surface area contributed by atoms with Crippen LogP contribution in [0.1, 0.15) is 38.8 Å². The third-order valence-corrected chi connectivity index (χ3v) is 7.82. The first-order chi connectivity index (χ1) is 15.2. The molecule has 2 aromatic heterocycles. The molecule has 6 nitrogen and oxygen atoms in total. The van der Waals surface area contributed by atoms with Gasteiger partial charge in [0.15, 0.2) is 0 Å². The van der Waals surface area contributed by atoms with Crippen molar-refractivity contribution in [3.8, 4) is 11.1 Å². The van der Waals surface area contributed by atoms with E-state index in [-0.39, 0.29) is 17.1 Å². The molecule has 0 amide bonds. The third-order valence-electron chi connectivity index (χ3n) is 7.82. The minimum absolute atomic E-state index is 0.0317. The first-order valence-corrected chi connectivity index (χ1v) is 11.3. The molecule has 0 spiro atoms. The van der Waals surface area contributed by atoms with Gasteiger partial charge in [-0.3, -0.25) is 14.0 Å². The number of hydrogen-bond donors (Lipinski definition) is 0. The molecule has 2 unspecified atom stereocenters. The van der Waals surface area contributed by atoms with Crippen LogP contribution < -0.4 is 5.56 Å². The number of hydrogen-bond acceptors (Lipinski definition) is 4. The summed E-state index contributed by atoms with van der Waals surface area (Å²) in [4.78, 5) is 20.6. The Balaban J connectivity index is 1.57. The molecule has 1 aliphatic heterocycles. The number of aromatic nitrogens is 4. The van der Waals surface area contributed by atoms with Crippen molar-refractivity contribution in [1.29, 1.82) is 0 Å². The number of benzene rings is 2. The highest BCUT2D eigenvalue weighted by atomic mass is 16.1. The van der Waals surface area contributed by atoms with Crippen LogP contribution in [-0.2, 0) is 7.05 Å². The van der Waals surface area contributed by atoms with Crippen LogP contribution in [0.25, 0.3) is 32.9 Å². The van der Waals surface area contributed by atoms with Gasteiger partial charge in [0.05, 0.1) is 22.7 Å². The summed E-state index contributed by atoms with van der Waals surface area (Å²) < 4.78 is 3.71. The molecule has 166 valence electrons. The number of aryl methyl sites for hydroxylation is 2. The second kappa shape index (κ2) is 7.27. The molecule has 1 aliphatic rings. The van der Waals surface area contributed by atoms with Crippen molar-refractivity contribution in [2.45, 2.75) is 45.7 Å². The van der Waals surface area contributed by atoms with Gasteiger partial charge in [0.2, 0.25) is 0 Å². The Morgan fingerprint density at radius 1 is 1.09 bits per heavy atom. The molecule has 0 N–H and O–H groups in total. The van der Waals surface area contributed by atoms with Crippen molar-refractivity contribution >= 4 is 21.8 Å². The topological polar surface area (TPSA) is 56.0 Å². The molecule has 0 radical (unpaired) electrons. The highest BCUT2D eigenvalue weighted by Gasteiger charge is 2.40. The smallest absolute Gasteiger partial charge is 0.261 e. The predicted molar refractivity (Wildman–Crippen MR) is 130 cm³/mol. The number of piperidine rings is 1. The zero-order valence-corrected chi connectivity index (χ0v) is 19.8. The van der Waals surface area contributed by atoms with Crippen LogP contribution in [0.15, 0.2) is 47.7 Å². The van der Waals surface area contributed by atoms with E-state index in [1.54, 1.807) is 6.33 Å².